The zero-order valence-electron chi connectivity index (χ0n) is 20.7. The molecule has 0 radical (unpaired) electrons. The lowest BCUT2D eigenvalue weighted by molar-refractivity contribution is -0.132. The number of hydroxylamine groups is 2. The minimum atomic E-state index is -4.89. The van der Waals surface area contributed by atoms with E-state index < -0.39 is 55.5 Å². The van der Waals surface area contributed by atoms with Crippen molar-refractivity contribution >= 4 is 37.3 Å². The van der Waals surface area contributed by atoms with Crippen molar-refractivity contribution in [1.29, 1.82) is 0 Å². The summed E-state index contributed by atoms with van der Waals surface area (Å²) in [5, 5.41) is 12.2. The lowest BCUT2D eigenvalue weighted by Gasteiger charge is -2.29. The quantitative estimate of drug-likeness (QED) is 0.200. The second kappa shape index (κ2) is 10.7. The molecule has 1 aromatic heterocycles. The number of aromatic nitrogens is 4. The summed E-state index contributed by atoms with van der Waals surface area (Å²) in [6, 6.07) is -2.47. The number of piperidine rings is 1. The second-order valence-corrected chi connectivity index (χ2v) is 13.6. The van der Waals surface area contributed by atoms with Gasteiger partial charge in [-0.2, -0.15) is 13.5 Å². The SMILES string of the molecule is C[SiH](C)OC(CC(C)(C)C)c1nnnn1CC(=O)NNC(=O)[C@@H]1CC[C@@H]2CN1C(=O)N2OS(=O)(=O)O. The Morgan fingerprint density at radius 1 is 1.25 bits per heavy atom. The third-order valence-corrected chi connectivity index (χ3v) is 6.72. The van der Waals surface area contributed by atoms with Gasteiger partial charge in [-0.25, -0.2) is 9.48 Å². The van der Waals surface area contributed by atoms with Crippen LogP contribution >= 0.6 is 0 Å². The molecule has 3 atom stereocenters. The van der Waals surface area contributed by atoms with E-state index in [0.29, 0.717) is 17.3 Å². The molecule has 202 valence electrons. The maximum Gasteiger partial charge on any atom is 0.418 e. The van der Waals surface area contributed by atoms with Crippen molar-refractivity contribution in [3.05, 3.63) is 5.82 Å². The lowest BCUT2D eigenvalue weighted by atomic mass is 9.89. The number of carbonyl (C=O) groups excluding carboxylic acids is 3. The monoisotopic (exact) mass is 548 g/mol. The number of rotatable bonds is 9. The van der Waals surface area contributed by atoms with E-state index in [9.17, 15) is 22.8 Å². The van der Waals surface area contributed by atoms with Gasteiger partial charge in [-0.15, -0.1) is 9.38 Å². The molecule has 2 fully saturated rings. The topological polar surface area (TPSA) is 198 Å². The fourth-order valence-corrected chi connectivity index (χ4v) is 5.40. The van der Waals surface area contributed by atoms with Gasteiger partial charge < -0.3 is 9.33 Å². The Kier molecular flexibility index (Phi) is 8.33. The molecule has 1 aromatic rings. The van der Waals surface area contributed by atoms with E-state index >= 15 is 0 Å². The molecule has 2 aliphatic rings. The van der Waals surface area contributed by atoms with Gasteiger partial charge in [0.1, 0.15) is 18.7 Å². The zero-order chi connectivity index (χ0) is 26.8. The summed E-state index contributed by atoms with van der Waals surface area (Å²) < 4.78 is 42.7. The van der Waals surface area contributed by atoms with Crippen molar-refractivity contribution in [1.82, 2.24) is 41.0 Å². The predicted octanol–water partition coefficient (Wildman–Crippen LogP) is -0.699. The summed E-state index contributed by atoms with van der Waals surface area (Å²) in [7, 11) is -6.34. The minimum Gasteiger partial charge on any atom is -0.410 e. The second-order valence-electron chi connectivity index (χ2n) is 10.2. The molecule has 2 bridgehead atoms. The molecule has 2 saturated heterocycles. The lowest BCUT2D eigenvalue weighted by Crippen LogP contribution is -2.54. The first-order valence-electron chi connectivity index (χ1n) is 11.4. The fraction of sp³-hybridized carbons (Fsp3) is 0.778. The van der Waals surface area contributed by atoms with Crippen molar-refractivity contribution in [2.24, 2.45) is 5.41 Å². The van der Waals surface area contributed by atoms with Crippen LogP contribution in [0.1, 0.15) is 52.0 Å². The van der Waals surface area contributed by atoms with Crippen molar-refractivity contribution in [3.63, 3.8) is 0 Å². The predicted molar refractivity (Wildman–Crippen MR) is 124 cm³/mol. The molecule has 1 unspecified atom stereocenters. The Balaban J connectivity index is 1.59. The number of hydrogen-bond donors (Lipinski definition) is 3. The van der Waals surface area contributed by atoms with Crippen LogP contribution in [0.3, 0.4) is 0 Å². The molecule has 16 nitrogen and oxygen atoms in total. The normalized spacial score (nSPS) is 21.1. The number of amides is 4. The number of hydrogen-bond acceptors (Lipinski definition) is 10. The standard InChI is InChI=1S/C18H32N8O8SSi/c1-18(2,3)8-13(33-36(4)5)15-20-22-23-25(15)10-14(27)19-21-16(28)12-7-6-11-9-24(12)17(29)26(11)34-35(30,31)32/h11-13,36H,6-10H2,1-5H3,(H,19,27)(H,21,28)(H,30,31,32)/t11-,12+,13?/m1/s1. The van der Waals surface area contributed by atoms with Gasteiger partial charge in [0, 0.05) is 6.54 Å². The Labute approximate surface area is 210 Å². The van der Waals surface area contributed by atoms with Gasteiger partial charge in [0.2, 0.25) is 0 Å². The van der Waals surface area contributed by atoms with Gasteiger partial charge in [0.05, 0.1) is 6.04 Å². The number of hydrazine groups is 1. The number of carbonyl (C=O) groups is 3. The third kappa shape index (κ3) is 7.18. The van der Waals surface area contributed by atoms with Crippen molar-refractivity contribution in [2.75, 3.05) is 6.54 Å². The maximum absolute atomic E-state index is 12.7. The molecule has 0 aromatic carbocycles. The smallest absolute Gasteiger partial charge is 0.410 e. The summed E-state index contributed by atoms with van der Waals surface area (Å²) in [6.07, 6.45) is 0.706. The maximum atomic E-state index is 12.7. The van der Waals surface area contributed by atoms with Gasteiger partial charge >= 0.3 is 16.4 Å². The molecule has 0 aliphatic carbocycles. The number of tetrazole rings is 1. The molecule has 4 amide bonds. The zero-order valence-corrected chi connectivity index (χ0v) is 22.7. The molecule has 0 spiro atoms. The van der Waals surface area contributed by atoms with E-state index in [1.54, 1.807) is 0 Å². The summed E-state index contributed by atoms with van der Waals surface area (Å²) in [6.45, 7) is 9.99. The molecule has 18 heteroatoms. The number of nitrogens with one attached hydrogen (secondary N) is 2. The first kappa shape index (κ1) is 27.9. The average Bonchev–Trinajstić information content (AvgIpc) is 3.28. The molecular formula is C18H32N8O8SSi. The first-order valence-corrected chi connectivity index (χ1v) is 15.6. The molecule has 3 rings (SSSR count). The van der Waals surface area contributed by atoms with Crippen molar-refractivity contribution in [3.8, 4) is 0 Å². The molecule has 0 saturated carbocycles. The van der Waals surface area contributed by atoms with Crippen molar-refractivity contribution in [2.45, 2.75) is 77.9 Å². The number of fused-ring (bicyclic) bond motifs is 2. The van der Waals surface area contributed by atoms with Crippen LogP contribution in [0.25, 0.3) is 0 Å². The van der Waals surface area contributed by atoms with Crippen LogP contribution in [0, 0.1) is 5.41 Å². The highest BCUT2D eigenvalue weighted by molar-refractivity contribution is 7.80. The van der Waals surface area contributed by atoms with Crippen LogP contribution in [0.2, 0.25) is 13.1 Å². The van der Waals surface area contributed by atoms with Gasteiger partial charge in [0.25, 0.3) is 11.8 Å². The molecular weight excluding hydrogens is 516 g/mol. The highest BCUT2D eigenvalue weighted by atomic mass is 32.3. The van der Waals surface area contributed by atoms with Crippen LogP contribution in [0.15, 0.2) is 0 Å². The highest BCUT2D eigenvalue weighted by Gasteiger charge is 2.49. The molecule has 36 heavy (non-hydrogen) atoms. The van der Waals surface area contributed by atoms with Crippen LogP contribution in [0.4, 0.5) is 4.79 Å². The van der Waals surface area contributed by atoms with Crippen LogP contribution in [0.5, 0.6) is 0 Å². The van der Waals surface area contributed by atoms with Gasteiger partial charge in [-0.1, -0.05) is 20.8 Å². The van der Waals surface area contributed by atoms with E-state index in [0.717, 1.165) is 4.90 Å². The Hall–Kier alpha value is -2.67. The van der Waals surface area contributed by atoms with E-state index in [1.807, 2.05) is 13.1 Å². The van der Waals surface area contributed by atoms with Crippen LogP contribution in [-0.4, -0.2) is 88.7 Å². The first-order chi connectivity index (χ1) is 16.6. The highest BCUT2D eigenvalue weighted by Crippen LogP contribution is 2.32. The largest absolute Gasteiger partial charge is 0.418 e. The van der Waals surface area contributed by atoms with Crippen LogP contribution in [-0.2, 0) is 35.2 Å². The number of urea groups is 1. The van der Waals surface area contributed by atoms with Gasteiger partial charge in [-0.05, 0) is 48.2 Å². The Bertz CT molecular complexity index is 1090. The fourth-order valence-electron chi connectivity index (χ4n) is 4.13. The summed E-state index contributed by atoms with van der Waals surface area (Å²) in [5.41, 5.74) is 4.50. The van der Waals surface area contributed by atoms with Crippen LogP contribution < -0.4 is 10.9 Å². The Morgan fingerprint density at radius 3 is 2.56 bits per heavy atom. The Morgan fingerprint density at radius 2 is 1.94 bits per heavy atom. The summed E-state index contributed by atoms with van der Waals surface area (Å²) in [5.74, 6) is -0.862. The van der Waals surface area contributed by atoms with Gasteiger partial charge in [-0.3, -0.25) is 25.0 Å². The van der Waals surface area contributed by atoms with Crippen molar-refractivity contribution < 1.29 is 36.1 Å². The van der Waals surface area contributed by atoms with E-state index in [1.165, 1.54) is 4.68 Å². The average molecular weight is 549 g/mol. The minimum absolute atomic E-state index is 0.0305. The summed E-state index contributed by atoms with van der Waals surface area (Å²) >= 11 is 0. The van der Waals surface area contributed by atoms with E-state index in [4.69, 9.17) is 8.98 Å². The van der Waals surface area contributed by atoms with Gasteiger partial charge in [0.15, 0.2) is 14.9 Å². The molecule has 3 heterocycles. The summed E-state index contributed by atoms with van der Waals surface area (Å²) in [4.78, 5) is 38.8. The van der Waals surface area contributed by atoms with E-state index in [-0.39, 0.29) is 31.3 Å². The number of nitrogens with zero attached hydrogens (tertiary/aromatic N) is 6. The molecule has 2 aliphatic heterocycles. The third-order valence-electron chi connectivity index (χ3n) is 5.50. The van der Waals surface area contributed by atoms with E-state index in [2.05, 4.69) is 51.4 Å². The molecule has 3 N–H and O–H groups in total.